The minimum absolute atomic E-state index is 0.317. The van der Waals surface area contributed by atoms with E-state index >= 15 is 0 Å². The molecule has 0 bridgehead atoms. The maximum atomic E-state index is 5.96. The Morgan fingerprint density at radius 2 is 1.60 bits per heavy atom. The number of hydrogen-bond acceptors (Lipinski definition) is 5. The highest BCUT2D eigenvalue weighted by molar-refractivity contribution is 7.80. The number of hydrogen-bond donors (Lipinski definition) is 0. The SMILES string of the molecule is COC12N=C(c3ccccc3)C(C)(C)N1OC(=S)N2c1ccccc1. The predicted molar refractivity (Wildman–Crippen MR) is 101 cm³/mol. The molecule has 0 amide bonds. The minimum atomic E-state index is -1.16. The van der Waals surface area contributed by atoms with Gasteiger partial charge < -0.3 is 9.57 Å². The smallest absolute Gasteiger partial charge is 0.345 e. The molecule has 0 aliphatic carbocycles. The Morgan fingerprint density at radius 1 is 1.00 bits per heavy atom. The lowest BCUT2D eigenvalue weighted by molar-refractivity contribution is -0.240. The highest BCUT2D eigenvalue weighted by Crippen LogP contribution is 2.46. The van der Waals surface area contributed by atoms with Crippen molar-refractivity contribution in [3.8, 4) is 0 Å². The molecule has 1 unspecified atom stereocenters. The molecule has 2 aromatic carbocycles. The predicted octanol–water partition coefficient (Wildman–Crippen LogP) is 3.56. The lowest BCUT2D eigenvalue weighted by Crippen LogP contribution is -2.56. The molecular formula is C19H19N3O2S. The van der Waals surface area contributed by atoms with Gasteiger partial charge in [0, 0.05) is 7.11 Å². The molecule has 4 rings (SSSR count). The van der Waals surface area contributed by atoms with Crippen molar-refractivity contribution < 1.29 is 9.57 Å². The zero-order chi connectivity index (χ0) is 17.7. The second kappa shape index (κ2) is 5.62. The summed E-state index contributed by atoms with van der Waals surface area (Å²) < 4.78 is 5.90. The molecule has 1 saturated heterocycles. The molecule has 0 radical (unpaired) electrons. The van der Waals surface area contributed by atoms with Crippen molar-refractivity contribution in [3.63, 3.8) is 0 Å². The summed E-state index contributed by atoms with van der Waals surface area (Å²) in [4.78, 5) is 12.7. The number of thiocarbonyl (C=S) groups is 1. The second-order valence-corrected chi connectivity index (χ2v) is 6.84. The number of para-hydroxylation sites is 1. The van der Waals surface area contributed by atoms with Gasteiger partial charge in [0.1, 0.15) is 5.54 Å². The van der Waals surface area contributed by atoms with E-state index in [0.717, 1.165) is 17.0 Å². The summed E-state index contributed by atoms with van der Waals surface area (Å²) >= 11 is 5.49. The van der Waals surface area contributed by atoms with Gasteiger partial charge in [-0.3, -0.25) is 0 Å². The van der Waals surface area contributed by atoms with Crippen LogP contribution in [0.15, 0.2) is 65.7 Å². The van der Waals surface area contributed by atoms with Gasteiger partial charge >= 0.3 is 5.97 Å². The molecular weight excluding hydrogens is 334 g/mol. The summed E-state index contributed by atoms with van der Waals surface area (Å²) in [5, 5.41) is 2.05. The number of benzene rings is 2. The molecule has 5 nitrogen and oxygen atoms in total. The monoisotopic (exact) mass is 353 g/mol. The molecule has 2 heterocycles. The molecule has 0 aromatic heterocycles. The number of ether oxygens (including phenoxy) is 1. The number of fused-ring (bicyclic) bond motifs is 1. The zero-order valence-electron chi connectivity index (χ0n) is 14.3. The second-order valence-electron chi connectivity index (χ2n) is 6.49. The van der Waals surface area contributed by atoms with Crippen LogP contribution in [0, 0.1) is 0 Å². The Balaban J connectivity index is 1.90. The van der Waals surface area contributed by atoms with Crippen molar-refractivity contribution in [2.24, 2.45) is 4.99 Å². The molecule has 2 aliphatic heterocycles. The van der Waals surface area contributed by atoms with Crippen LogP contribution in [0.5, 0.6) is 0 Å². The Bertz CT molecular complexity index is 838. The summed E-state index contributed by atoms with van der Waals surface area (Å²) in [6.07, 6.45) is 0. The van der Waals surface area contributed by atoms with Crippen molar-refractivity contribution in [3.05, 3.63) is 66.2 Å². The third kappa shape index (κ3) is 2.22. The average molecular weight is 353 g/mol. The van der Waals surface area contributed by atoms with Gasteiger partial charge in [-0.05, 0) is 43.8 Å². The van der Waals surface area contributed by atoms with E-state index in [-0.39, 0.29) is 0 Å². The number of anilines is 1. The van der Waals surface area contributed by atoms with Gasteiger partial charge in [0.15, 0.2) is 0 Å². The van der Waals surface area contributed by atoms with Gasteiger partial charge in [-0.2, -0.15) is 0 Å². The summed E-state index contributed by atoms with van der Waals surface area (Å²) in [7, 11) is 1.62. The van der Waals surface area contributed by atoms with Crippen molar-refractivity contribution >= 4 is 28.8 Å². The third-order valence-electron chi connectivity index (χ3n) is 4.59. The number of methoxy groups -OCH3 is 1. The Hall–Kier alpha value is -2.28. The number of hydroxylamine groups is 2. The maximum absolute atomic E-state index is 5.96. The first-order valence-corrected chi connectivity index (χ1v) is 8.50. The van der Waals surface area contributed by atoms with Crippen LogP contribution in [0.3, 0.4) is 0 Å². The van der Waals surface area contributed by atoms with E-state index in [9.17, 15) is 0 Å². The van der Waals surface area contributed by atoms with E-state index in [1.165, 1.54) is 0 Å². The molecule has 0 N–H and O–H groups in total. The fraction of sp³-hybridized carbons (Fsp3) is 0.263. The lowest BCUT2D eigenvalue weighted by Gasteiger charge is -2.35. The Morgan fingerprint density at radius 3 is 2.20 bits per heavy atom. The highest BCUT2D eigenvalue weighted by atomic mass is 32.1. The van der Waals surface area contributed by atoms with Crippen LogP contribution in [-0.2, 0) is 9.57 Å². The molecule has 2 aromatic rings. The summed E-state index contributed by atoms with van der Waals surface area (Å²) in [6.45, 7) is 4.10. The average Bonchev–Trinajstić information content (AvgIpc) is 3.05. The molecule has 2 aliphatic rings. The van der Waals surface area contributed by atoms with Crippen LogP contribution in [0.4, 0.5) is 5.69 Å². The van der Waals surface area contributed by atoms with E-state index in [2.05, 4.69) is 13.8 Å². The Labute approximate surface area is 152 Å². The van der Waals surface area contributed by atoms with Crippen LogP contribution in [-0.4, -0.2) is 34.6 Å². The zero-order valence-corrected chi connectivity index (χ0v) is 15.2. The number of aliphatic imine (C=N–C) groups is 1. The molecule has 25 heavy (non-hydrogen) atoms. The maximum Gasteiger partial charge on any atom is 0.345 e. The van der Waals surface area contributed by atoms with E-state index in [1.807, 2.05) is 60.7 Å². The first-order valence-electron chi connectivity index (χ1n) is 8.09. The molecule has 1 fully saturated rings. The topological polar surface area (TPSA) is 37.3 Å². The first kappa shape index (κ1) is 16.2. The van der Waals surface area contributed by atoms with Crippen LogP contribution in [0.2, 0.25) is 0 Å². The van der Waals surface area contributed by atoms with E-state index in [1.54, 1.807) is 17.1 Å². The summed E-state index contributed by atoms with van der Waals surface area (Å²) in [5.74, 6) is -1.16. The van der Waals surface area contributed by atoms with Gasteiger partial charge in [0.05, 0.1) is 11.4 Å². The largest absolute Gasteiger partial charge is 0.368 e. The van der Waals surface area contributed by atoms with Crippen molar-refractivity contribution in [2.75, 3.05) is 12.0 Å². The van der Waals surface area contributed by atoms with Crippen molar-refractivity contribution in [2.45, 2.75) is 25.4 Å². The van der Waals surface area contributed by atoms with Gasteiger partial charge in [0.25, 0.3) is 5.17 Å². The molecule has 0 spiro atoms. The molecule has 0 saturated carbocycles. The minimum Gasteiger partial charge on any atom is -0.368 e. The number of rotatable bonds is 3. The van der Waals surface area contributed by atoms with Crippen LogP contribution in [0.1, 0.15) is 19.4 Å². The van der Waals surface area contributed by atoms with Crippen LogP contribution in [0.25, 0.3) is 0 Å². The fourth-order valence-corrected chi connectivity index (χ4v) is 3.72. The van der Waals surface area contributed by atoms with Gasteiger partial charge in [0.2, 0.25) is 0 Å². The molecule has 6 heteroatoms. The van der Waals surface area contributed by atoms with E-state index in [4.69, 9.17) is 26.8 Å². The normalized spacial score (nSPS) is 24.8. The molecule has 128 valence electrons. The number of nitrogens with zero attached hydrogens (tertiary/aromatic N) is 3. The Kier molecular flexibility index (Phi) is 3.64. The first-order chi connectivity index (χ1) is 12.0. The van der Waals surface area contributed by atoms with Crippen molar-refractivity contribution in [1.29, 1.82) is 0 Å². The van der Waals surface area contributed by atoms with Crippen LogP contribution >= 0.6 is 12.2 Å². The van der Waals surface area contributed by atoms with Gasteiger partial charge in [-0.15, -0.1) is 0 Å². The fourth-order valence-electron chi connectivity index (χ4n) is 3.42. The van der Waals surface area contributed by atoms with E-state index in [0.29, 0.717) is 5.17 Å². The summed E-state index contributed by atoms with van der Waals surface area (Å²) in [6, 6.07) is 19.8. The van der Waals surface area contributed by atoms with Gasteiger partial charge in [-0.25, -0.2) is 9.89 Å². The molecule has 1 atom stereocenters. The lowest BCUT2D eigenvalue weighted by atomic mass is 9.93. The third-order valence-corrected chi connectivity index (χ3v) is 4.85. The van der Waals surface area contributed by atoms with Gasteiger partial charge in [-0.1, -0.05) is 53.6 Å². The quantitative estimate of drug-likeness (QED) is 0.789. The van der Waals surface area contributed by atoms with Crippen molar-refractivity contribution in [1.82, 2.24) is 5.06 Å². The standard InChI is InChI=1S/C19H19N3O2S/c1-18(2)16(14-10-6-4-7-11-14)20-19(23-3)21(17(25)24-22(18)19)15-12-8-5-9-13-15/h4-13H,1-3H3. The highest BCUT2D eigenvalue weighted by Gasteiger charge is 2.65. The van der Waals surface area contributed by atoms with Crippen LogP contribution < -0.4 is 4.90 Å². The summed E-state index contributed by atoms with van der Waals surface area (Å²) in [5.41, 5.74) is 2.26. The van der Waals surface area contributed by atoms with E-state index < -0.39 is 11.5 Å².